The summed E-state index contributed by atoms with van der Waals surface area (Å²) in [6, 6.07) is 0.267. The van der Waals surface area contributed by atoms with Crippen LogP contribution in [0.3, 0.4) is 0 Å². The maximum absolute atomic E-state index is 8.78. The molecule has 17 heavy (non-hydrogen) atoms. The van der Waals surface area contributed by atoms with Crippen LogP contribution in [0.25, 0.3) is 0 Å². The minimum absolute atomic E-state index is 0.222. The monoisotopic (exact) mass is 302 g/mol. The zero-order chi connectivity index (χ0) is 12.7. The van der Waals surface area contributed by atoms with Gasteiger partial charge in [-0.05, 0) is 42.6 Å². The van der Waals surface area contributed by atoms with Crippen molar-refractivity contribution in [2.45, 2.75) is 32.7 Å². The van der Waals surface area contributed by atoms with Crippen molar-refractivity contribution in [3.05, 3.63) is 10.7 Å². The summed E-state index contributed by atoms with van der Waals surface area (Å²) in [5.41, 5.74) is 0. The summed E-state index contributed by atoms with van der Waals surface area (Å²) in [5, 5.41) is 15.1. The number of aliphatic hydroxyl groups excluding tert-OH is 1. The lowest BCUT2D eigenvalue weighted by molar-refractivity contribution is 0.282. The molecule has 0 radical (unpaired) electrons. The van der Waals surface area contributed by atoms with Crippen LogP contribution in [-0.2, 0) is 0 Å². The first-order chi connectivity index (χ1) is 8.17. The molecule has 0 fully saturated rings. The predicted octanol–water partition coefficient (Wildman–Crippen LogP) is 2.24. The lowest BCUT2D eigenvalue weighted by Gasteiger charge is -2.15. The van der Waals surface area contributed by atoms with Gasteiger partial charge < -0.3 is 15.7 Å². The first-order valence-corrected chi connectivity index (χ1v) is 6.60. The normalized spacial score (nSPS) is 12.2. The van der Waals surface area contributed by atoms with Crippen LogP contribution >= 0.6 is 15.9 Å². The summed E-state index contributed by atoms with van der Waals surface area (Å²) in [5.74, 6) is 1.40. The molecule has 1 heterocycles. The molecule has 1 aromatic heterocycles. The van der Waals surface area contributed by atoms with Crippen molar-refractivity contribution in [2.75, 3.05) is 23.8 Å². The lowest BCUT2D eigenvalue weighted by Crippen LogP contribution is -2.17. The van der Waals surface area contributed by atoms with E-state index < -0.39 is 0 Å². The van der Waals surface area contributed by atoms with Gasteiger partial charge in [0.1, 0.15) is 5.82 Å². The molecule has 1 rings (SSSR count). The Kier molecular flexibility index (Phi) is 6.21. The van der Waals surface area contributed by atoms with Crippen LogP contribution in [0.4, 0.5) is 11.8 Å². The van der Waals surface area contributed by atoms with E-state index in [0.29, 0.717) is 5.95 Å². The van der Waals surface area contributed by atoms with Gasteiger partial charge in [-0.3, -0.25) is 0 Å². The molecule has 6 heteroatoms. The molecule has 0 saturated carbocycles. The second kappa shape index (κ2) is 7.45. The fourth-order valence-corrected chi connectivity index (χ4v) is 1.72. The highest BCUT2D eigenvalue weighted by Crippen LogP contribution is 2.21. The first kappa shape index (κ1) is 14.2. The minimum atomic E-state index is 0.222. The van der Waals surface area contributed by atoms with Gasteiger partial charge >= 0.3 is 0 Å². The van der Waals surface area contributed by atoms with E-state index in [1.807, 2.05) is 6.92 Å². The van der Waals surface area contributed by atoms with Crippen LogP contribution in [0.2, 0.25) is 0 Å². The smallest absolute Gasteiger partial charge is 0.224 e. The second-order valence-corrected chi connectivity index (χ2v) is 4.69. The fourth-order valence-electron chi connectivity index (χ4n) is 1.41. The van der Waals surface area contributed by atoms with Crippen molar-refractivity contribution in [2.24, 2.45) is 0 Å². The van der Waals surface area contributed by atoms with Crippen LogP contribution in [0.1, 0.15) is 26.7 Å². The summed E-state index contributed by atoms with van der Waals surface area (Å²) >= 11 is 3.41. The Morgan fingerprint density at radius 1 is 1.53 bits per heavy atom. The van der Waals surface area contributed by atoms with Gasteiger partial charge in [-0.15, -0.1) is 0 Å². The molecule has 0 aliphatic rings. The first-order valence-electron chi connectivity index (χ1n) is 5.81. The maximum Gasteiger partial charge on any atom is 0.224 e. The van der Waals surface area contributed by atoms with Crippen molar-refractivity contribution in [1.82, 2.24) is 9.97 Å². The lowest BCUT2D eigenvalue weighted by atomic mass is 10.2. The fraction of sp³-hybridized carbons (Fsp3) is 0.636. The molecular formula is C11H19BrN4O. The zero-order valence-electron chi connectivity index (χ0n) is 10.2. The number of aliphatic hydroxyl groups is 1. The van der Waals surface area contributed by atoms with E-state index in [1.165, 1.54) is 0 Å². The number of halogens is 1. The molecule has 0 saturated heterocycles. The number of hydrogen-bond donors (Lipinski definition) is 3. The summed E-state index contributed by atoms with van der Waals surface area (Å²) in [6.07, 6.45) is 3.42. The van der Waals surface area contributed by atoms with Crippen molar-refractivity contribution < 1.29 is 5.11 Å². The Morgan fingerprint density at radius 3 is 2.94 bits per heavy atom. The van der Waals surface area contributed by atoms with E-state index in [1.54, 1.807) is 6.20 Å². The average molecular weight is 303 g/mol. The van der Waals surface area contributed by atoms with E-state index in [-0.39, 0.29) is 12.6 Å². The van der Waals surface area contributed by atoms with E-state index in [0.717, 1.165) is 29.7 Å². The number of aromatic nitrogens is 2. The highest BCUT2D eigenvalue weighted by Gasteiger charge is 2.08. The topological polar surface area (TPSA) is 70.1 Å². The Morgan fingerprint density at radius 2 is 2.29 bits per heavy atom. The minimum Gasteiger partial charge on any atom is -0.396 e. The van der Waals surface area contributed by atoms with Crippen LogP contribution in [0.15, 0.2) is 10.7 Å². The molecule has 1 aromatic rings. The van der Waals surface area contributed by atoms with Crippen molar-refractivity contribution in [1.29, 1.82) is 0 Å². The van der Waals surface area contributed by atoms with Crippen LogP contribution in [0, 0.1) is 0 Å². The molecule has 0 aliphatic heterocycles. The van der Waals surface area contributed by atoms with Crippen LogP contribution in [-0.4, -0.2) is 34.3 Å². The van der Waals surface area contributed by atoms with Gasteiger partial charge in [-0.25, -0.2) is 4.98 Å². The average Bonchev–Trinajstić information content (AvgIpc) is 2.31. The van der Waals surface area contributed by atoms with E-state index in [4.69, 9.17) is 5.11 Å². The van der Waals surface area contributed by atoms with Gasteiger partial charge in [-0.2, -0.15) is 4.98 Å². The molecule has 0 bridgehead atoms. The third-order valence-corrected chi connectivity index (χ3v) is 2.84. The highest BCUT2D eigenvalue weighted by atomic mass is 79.9. The van der Waals surface area contributed by atoms with Gasteiger partial charge in [0, 0.05) is 25.4 Å². The van der Waals surface area contributed by atoms with E-state index in [9.17, 15) is 0 Å². The number of nitrogens with one attached hydrogen (secondary N) is 2. The molecule has 0 spiro atoms. The SMILES string of the molecule is CCNc1ncc(Br)c(NC(C)CCCO)n1. The molecule has 1 unspecified atom stereocenters. The number of rotatable bonds is 7. The van der Waals surface area contributed by atoms with Crippen molar-refractivity contribution in [3.8, 4) is 0 Å². The summed E-state index contributed by atoms with van der Waals surface area (Å²) in [7, 11) is 0. The van der Waals surface area contributed by atoms with Gasteiger partial charge in [-0.1, -0.05) is 0 Å². The largest absolute Gasteiger partial charge is 0.396 e. The molecule has 0 aromatic carbocycles. The van der Waals surface area contributed by atoms with E-state index in [2.05, 4.69) is 43.5 Å². The quantitative estimate of drug-likeness (QED) is 0.721. The standard InChI is InChI=1S/C11H19BrN4O/c1-3-13-11-14-7-9(12)10(16-11)15-8(2)5-4-6-17/h7-8,17H,3-6H2,1-2H3,(H2,13,14,15,16). The van der Waals surface area contributed by atoms with Crippen molar-refractivity contribution in [3.63, 3.8) is 0 Å². The van der Waals surface area contributed by atoms with Gasteiger partial charge in [0.05, 0.1) is 4.47 Å². The highest BCUT2D eigenvalue weighted by molar-refractivity contribution is 9.10. The molecular weight excluding hydrogens is 284 g/mol. The van der Waals surface area contributed by atoms with E-state index >= 15 is 0 Å². The summed E-state index contributed by atoms with van der Waals surface area (Å²) in [6.45, 7) is 5.08. The Hall–Kier alpha value is -0.880. The van der Waals surface area contributed by atoms with Crippen LogP contribution < -0.4 is 10.6 Å². The van der Waals surface area contributed by atoms with Gasteiger partial charge in [0.15, 0.2) is 0 Å². The number of hydrogen-bond acceptors (Lipinski definition) is 5. The predicted molar refractivity (Wildman–Crippen MR) is 73.3 cm³/mol. The third-order valence-electron chi connectivity index (χ3n) is 2.26. The summed E-state index contributed by atoms with van der Waals surface area (Å²) < 4.78 is 0.843. The molecule has 3 N–H and O–H groups in total. The van der Waals surface area contributed by atoms with Gasteiger partial charge in [0.2, 0.25) is 5.95 Å². The molecule has 96 valence electrons. The summed E-state index contributed by atoms with van der Waals surface area (Å²) in [4.78, 5) is 8.52. The number of anilines is 2. The maximum atomic E-state index is 8.78. The Labute approximate surface area is 110 Å². The van der Waals surface area contributed by atoms with Crippen molar-refractivity contribution >= 4 is 27.7 Å². The Bertz CT molecular complexity index is 348. The molecule has 0 aliphatic carbocycles. The van der Waals surface area contributed by atoms with Gasteiger partial charge in [0.25, 0.3) is 0 Å². The molecule has 0 amide bonds. The van der Waals surface area contributed by atoms with Crippen LogP contribution in [0.5, 0.6) is 0 Å². The second-order valence-electron chi connectivity index (χ2n) is 3.83. The zero-order valence-corrected chi connectivity index (χ0v) is 11.8. The number of nitrogens with zero attached hydrogens (tertiary/aromatic N) is 2. The third kappa shape index (κ3) is 4.87. The molecule has 1 atom stereocenters. The Balaban J connectivity index is 2.64. The molecule has 5 nitrogen and oxygen atoms in total.